The summed E-state index contributed by atoms with van der Waals surface area (Å²) < 4.78 is 28.2. The first-order valence-electron chi connectivity index (χ1n) is 6.08. The van der Waals surface area contributed by atoms with Crippen LogP contribution < -0.4 is 5.50 Å². The minimum Gasteiger partial charge on any atom is -0.453 e. The second-order valence-corrected chi connectivity index (χ2v) is 5.58. The van der Waals surface area contributed by atoms with Crippen LogP contribution in [0, 0.1) is 0 Å². The number of unbranched alkanes of at least 4 members (excludes halogenated alkanes) is 1. The van der Waals surface area contributed by atoms with E-state index in [2.05, 4.69) is 0 Å². The number of hydrogen-bond acceptors (Lipinski definition) is 5. The van der Waals surface area contributed by atoms with Crippen molar-refractivity contribution in [3.05, 3.63) is 17.9 Å². The van der Waals surface area contributed by atoms with Gasteiger partial charge in [-0.15, -0.1) is 0 Å². The van der Waals surface area contributed by atoms with Gasteiger partial charge in [0.25, 0.3) is 0 Å². The van der Waals surface area contributed by atoms with E-state index in [1.165, 1.54) is 0 Å². The van der Waals surface area contributed by atoms with E-state index in [1.807, 2.05) is 0 Å². The average molecular weight is 274 g/mol. The highest BCUT2D eigenvalue weighted by molar-refractivity contribution is 7.61. The molecular weight excluding hydrogens is 255 g/mol. The van der Waals surface area contributed by atoms with Crippen molar-refractivity contribution in [1.82, 2.24) is 0 Å². The zero-order chi connectivity index (χ0) is 13.4. The van der Waals surface area contributed by atoms with Crippen molar-refractivity contribution in [1.29, 1.82) is 0 Å². The number of furan rings is 1. The highest BCUT2D eigenvalue weighted by atomic mass is 31.2. The van der Waals surface area contributed by atoms with Gasteiger partial charge in [0.1, 0.15) is 12.0 Å². The van der Waals surface area contributed by atoms with Gasteiger partial charge in [-0.3, -0.25) is 4.57 Å². The molecule has 0 fully saturated rings. The van der Waals surface area contributed by atoms with Crippen LogP contribution in [0.5, 0.6) is 0 Å². The quantitative estimate of drug-likeness (QED) is 0.393. The van der Waals surface area contributed by atoms with E-state index < -0.39 is 7.60 Å². The van der Waals surface area contributed by atoms with Crippen molar-refractivity contribution in [2.75, 3.05) is 13.2 Å². The fourth-order valence-corrected chi connectivity index (χ4v) is 3.01. The Balaban J connectivity index is 2.74. The van der Waals surface area contributed by atoms with Gasteiger partial charge in [0.2, 0.25) is 5.50 Å². The van der Waals surface area contributed by atoms with Gasteiger partial charge in [0.05, 0.1) is 13.2 Å². The molecule has 0 N–H and O–H groups in total. The molecule has 18 heavy (non-hydrogen) atoms. The first kappa shape index (κ1) is 15.2. The molecule has 5 nitrogen and oxygen atoms in total. The van der Waals surface area contributed by atoms with Crippen LogP contribution in [0.3, 0.4) is 0 Å². The van der Waals surface area contributed by atoms with Crippen LogP contribution in [-0.2, 0) is 24.8 Å². The average Bonchev–Trinajstić information content (AvgIpc) is 2.79. The monoisotopic (exact) mass is 274 g/mol. The second kappa shape index (κ2) is 7.52. The minimum absolute atomic E-state index is 0.229. The maximum absolute atomic E-state index is 12.4. The molecule has 0 bridgehead atoms. The summed E-state index contributed by atoms with van der Waals surface area (Å²) in [5, 5.41) is 0. The van der Waals surface area contributed by atoms with Gasteiger partial charge < -0.3 is 18.3 Å². The largest absolute Gasteiger partial charge is 0.453 e. The number of hydrogen-bond donors (Lipinski definition) is 0. The van der Waals surface area contributed by atoms with Crippen molar-refractivity contribution in [2.24, 2.45) is 0 Å². The first-order chi connectivity index (χ1) is 8.66. The normalized spacial score (nSPS) is 11.7. The first-order valence-corrected chi connectivity index (χ1v) is 7.62. The van der Waals surface area contributed by atoms with E-state index in [1.54, 1.807) is 26.0 Å². The molecule has 0 aliphatic carbocycles. The van der Waals surface area contributed by atoms with E-state index in [0.717, 1.165) is 6.29 Å². The number of carbonyl (C=O) groups is 1. The molecule has 0 spiro atoms. The van der Waals surface area contributed by atoms with E-state index in [0.29, 0.717) is 38.2 Å². The predicted molar refractivity (Wildman–Crippen MR) is 68.2 cm³/mol. The van der Waals surface area contributed by atoms with Gasteiger partial charge in [-0.1, -0.05) is 0 Å². The van der Waals surface area contributed by atoms with Crippen LogP contribution in [0.1, 0.15) is 32.4 Å². The maximum Gasteiger partial charge on any atom is 0.396 e. The third-order valence-corrected chi connectivity index (χ3v) is 4.24. The van der Waals surface area contributed by atoms with Crippen molar-refractivity contribution >= 4 is 19.4 Å². The third kappa shape index (κ3) is 4.09. The summed E-state index contributed by atoms with van der Waals surface area (Å²) in [6.45, 7) is 4.08. The molecule has 0 unspecified atom stereocenters. The Morgan fingerprint density at radius 1 is 1.28 bits per heavy atom. The smallest absolute Gasteiger partial charge is 0.396 e. The van der Waals surface area contributed by atoms with Crippen molar-refractivity contribution in [2.45, 2.75) is 33.1 Å². The van der Waals surface area contributed by atoms with E-state index >= 15 is 0 Å². The molecule has 0 aromatic carbocycles. The Kier molecular flexibility index (Phi) is 6.33. The molecule has 0 aliphatic rings. The minimum atomic E-state index is -3.33. The summed E-state index contributed by atoms with van der Waals surface area (Å²) >= 11 is 0. The fraction of sp³-hybridized carbons (Fsp3) is 0.583. The Hall–Kier alpha value is -0.900. The van der Waals surface area contributed by atoms with Crippen LogP contribution in [0.25, 0.3) is 0 Å². The molecule has 1 aromatic heterocycles. The van der Waals surface area contributed by atoms with Gasteiger partial charge in [-0.05, 0) is 32.4 Å². The summed E-state index contributed by atoms with van der Waals surface area (Å²) in [6, 6.07) is 3.35. The molecule has 0 aliphatic heterocycles. The van der Waals surface area contributed by atoms with Crippen LogP contribution in [0.15, 0.2) is 16.5 Å². The SMILES string of the molecule is CCOP(=O)(OCC)c1ccc(CCCC=O)o1. The molecule has 0 saturated carbocycles. The van der Waals surface area contributed by atoms with Crippen molar-refractivity contribution < 1.29 is 22.8 Å². The van der Waals surface area contributed by atoms with Crippen LogP contribution in [0.2, 0.25) is 0 Å². The van der Waals surface area contributed by atoms with Gasteiger partial charge in [-0.2, -0.15) is 0 Å². The zero-order valence-corrected chi connectivity index (χ0v) is 11.7. The van der Waals surface area contributed by atoms with Gasteiger partial charge in [0, 0.05) is 12.8 Å². The summed E-state index contributed by atoms with van der Waals surface area (Å²) in [6.07, 6.45) is 2.71. The molecular formula is C12H19O5P. The summed E-state index contributed by atoms with van der Waals surface area (Å²) in [4.78, 5) is 10.2. The molecule has 102 valence electrons. The van der Waals surface area contributed by atoms with Crippen LogP contribution in [0.4, 0.5) is 0 Å². The molecule has 1 rings (SSSR count). The van der Waals surface area contributed by atoms with Crippen molar-refractivity contribution in [3.8, 4) is 0 Å². The highest BCUT2D eigenvalue weighted by Crippen LogP contribution is 2.47. The number of aldehydes is 1. The standard InChI is InChI=1S/C12H19O5P/c1-3-15-18(14,16-4-2)12-9-8-11(17-12)7-5-6-10-13/h8-10H,3-7H2,1-2H3. The molecule has 1 aromatic rings. The zero-order valence-electron chi connectivity index (χ0n) is 10.8. The lowest BCUT2D eigenvalue weighted by molar-refractivity contribution is -0.107. The Morgan fingerprint density at radius 2 is 1.94 bits per heavy atom. The van der Waals surface area contributed by atoms with Gasteiger partial charge in [-0.25, -0.2) is 0 Å². The molecule has 0 saturated heterocycles. The molecule has 1 heterocycles. The summed E-state index contributed by atoms with van der Waals surface area (Å²) in [7, 11) is -3.33. The van der Waals surface area contributed by atoms with E-state index in [-0.39, 0.29) is 5.50 Å². The molecule has 0 amide bonds. The number of carbonyl (C=O) groups excluding carboxylic acids is 1. The summed E-state index contributed by atoms with van der Waals surface area (Å²) in [5.74, 6) is 0.687. The number of rotatable bonds is 9. The number of aryl methyl sites for hydroxylation is 1. The van der Waals surface area contributed by atoms with Crippen molar-refractivity contribution in [3.63, 3.8) is 0 Å². The maximum atomic E-state index is 12.4. The Bertz CT molecular complexity index is 402. The van der Waals surface area contributed by atoms with Gasteiger partial charge >= 0.3 is 7.60 Å². The Morgan fingerprint density at radius 3 is 2.50 bits per heavy atom. The predicted octanol–water partition coefficient (Wildman–Crippen LogP) is 2.69. The topological polar surface area (TPSA) is 65.7 Å². The van der Waals surface area contributed by atoms with E-state index in [9.17, 15) is 9.36 Å². The molecule has 0 radical (unpaired) electrons. The fourth-order valence-electron chi connectivity index (χ4n) is 1.51. The lowest BCUT2D eigenvalue weighted by atomic mass is 10.2. The Labute approximate surface area is 107 Å². The second-order valence-electron chi connectivity index (χ2n) is 3.63. The lowest BCUT2D eigenvalue weighted by Crippen LogP contribution is -2.08. The lowest BCUT2D eigenvalue weighted by Gasteiger charge is -2.13. The van der Waals surface area contributed by atoms with E-state index in [4.69, 9.17) is 13.5 Å². The van der Waals surface area contributed by atoms with Crippen LogP contribution >= 0.6 is 7.60 Å². The van der Waals surface area contributed by atoms with Gasteiger partial charge in [0.15, 0.2) is 0 Å². The summed E-state index contributed by atoms with van der Waals surface area (Å²) in [5.41, 5.74) is 0.229. The molecule has 0 atom stereocenters. The third-order valence-electron chi connectivity index (χ3n) is 2.26. The highest BCUT2D eigenvalue weighted by Gasteiger charge is 2.30. The molecule has 6 heteroatoms. The van der Waals surface area contributed by atoms with Crippen LogP contribution in [-0.4, -0.2) is 19.5 Å².